The molecular formula is C7H16N2S. The Balaban J connectivity index is 4.05. The molecule has 10 heavy (non-hydrogen) atoms. The van der Waals surface area contributed by atoms with Crippen LogP contribution in [0, 0.1) is 0 Å². The van der Waals surface area contributed by atoms with Crippen molar-refractivity contribution >= 4 is 10.0 Å². The fourth-order valence-electron chi connectivity index (χ4n) is 0.318. The minimum Gasteiger partial charge on any atom is -0.394 e. The SMILES string of the molecule is C=CN/C=C(\N)S(C)(C)C. The third-order valence-corrected chi connectivity index (χ3v) is 2.58. The molecule has 0 aliphatic heterocycles. The van der Waals surface area contributed by atoms with E-state index < -0.39 is 10.0 Å². The van der Waals surface area contributed by atoms with Crippen molar-refractivity contribution in [2.24, 2.45) is 5.73 Å². The van der Waals surface area contributed by atoms with E-state index in [1.54, 1.807) is 12.4 Å². The highest BCUT2D eigenvalue weighted by molar-refractivity contribution is 8.35. The minimum absolute atomic E-state index is 0.746. The molecule has 3 N–H and O–H groups in total. The van der Waals surface area contributed by atoms with Crippen molar-refractivity contribution < 1.29 is 0 Å². The fourth-order valence-corrected chi connectivity index (χ4v) is 0.739. The summed E-state index contributed by atoms with van der Waals surface area (Å²) < 4.78 is 0. The van der Waals surface area contributed by atoms with Crippen LogP contribution >= 0.6 is 10.0 Å². The molecule has 0 amide bonds. The molecule has 0 aromatic rings. The second kappa shape index (κ2) is 3.56. The summed E-state index contributed by atoms with van der Waals surface area (Å²) in [6, 6.07) is 0. The first-order valence-corrected chi connectivity index (χ1v) is 5.85. The molecule has 0 rings (SSSR count). The van der Waals surface area contributed by atoms with E-state index in [1.807, 2.05) is 0 Å². The number of hydrogen-bond donors (Lipinski definition) is 2. The lowest BCUT2D eigenvalue weighted by molar-refractivity contribution is 1.18. The highest BCUT2D eigenvalue weighted by atomic mass is 32.3. The average molecular weight is 160 g/mol. The maximum absolute atomic E-state index is 5.72. The largest absolute Gasteiger partial charge is 0.394 e. The normalized spacial score (nSPS) is 14.5. The standard InChI is InChI=1S/C7H16N2S/c1-5-9-6-7(8)10(2,3)4/h5-6,9H,1,8H2,2-4H3/b7-6+. The maximum Gasteiger partial charge on any atom is 0.0638 e. The molecule has 0 spiro atoms. The zero-order valence-corrected chi connectivity index (χ0v) is 7.66. The van der Waals surface area contributed by atoms with Gasteiger partial charge in [-0.2, -0.15) is 0 Å². The number of hydrogen-bond acceptors (Lipinski definition) is 2. The van der Waals surface area contributed by atoms with Crippen LogP contribution in [0.5, 0.6) is 0 Å². The molecule has 0 aliphatic rings. The van der Waals surface area contributed by atoms with Gasteiger partial charge in [0.2, 0.25) is 0 Å². The smallest absolute Gasteiger partial charge is 0.0638 e. The molecule has 0 saturated heterocycles. The Hall–Kier alpha value is -0.570. The van der Waals surface area contributed by atoms with E-state index in [0.717, 1.165) is 5.03 Å². The third-order valence-electron chi connectivity index (χ3n) is 1.05. The van der Waals surface area contributed by atoms with E-state index in [0.29, 0.717) is 0 Å². The van der Waals surface area contributed by atoms with E-state index in [9.17, 15) is 0 Å². The molecule has 0 radical (unpaired) electrons. The summed E-state index contributed by atoms with van der Waals surface area (Å²) in [5.74, 6) is 0. The Morgan fingerprint density at radius 2 is 2.00 bits per heavy atom. The van der Waals surface area contributed by atoms with Gasteiger partial charge in [-0.3, -0.25) is 0 Å². The van der Waals surface area contributed by atoms with Crippen molar-refractivity contribution in [3.05, 3.63) is 24.0 Å². The van der Waals surface area contributed by atoms with Gasteiger partial charge in [-0.15, -0.1) is 0 Å². The van der Waals surface area contributed by atoms with Crippen LogP contribution in [0.2, 0.25) is 0 Å². The van der Waals surface area contributed by atoms with Crippen LogP contribution in [0.25, 0.3) is 0 Å². The topological polar surface area (TPSA) is 38.0 Å². The van der Waals surface area contributed by atoms with Crippen LogP contribution in [0.15, 0.2) is 24.0 Å². The van der Waals surface area contributed by atoms with Gasteiger partial charge < -0.3 is 11.1 Å². The predicted molar refractivity (Wildman–Crippen MR) is 51.0 cm³/mol. The van der Waals surface area contributed by atoms with E-state index >= 15 is 0 Å². The van der Waals surface area contributed by atoms with Crippen molar-refractivity contribution in [2.75, 3.05) is 18.8 Å². The molecule has 60 valence electrons. The molecule has 0 fully saturated rings. The molecule has 0 atom stereocenters. The van der Waals surface area contributed by atoms with Gasteiger partial charge in [0.05, 0.1) is 5.03 Å². The third kappa shape index (κ3) is 3.45. The Bertz CT molecular complexity index is 144. The first-order valence-electron chi connectivity index (χ1n) is 2.99. The van der Waals surface area contributed by atoms with Crippen LogP contribution in [-0.2, 0) is 0 Å². The summed E-state index contributed by atoms with van der Waals surface area (Å²) in [6.45, 7) is 3.51. The van der Waals surface area contributed by atoms with Crippen molar-refractivity contribution in [2.45, 2.75) is 0 Å². The zero-order chi connectivity index (χ0) is 8.20. The zero-order valence-electron chi connectivity index (χ0n) is 6.85. The van der Waals surface area contributed by atoms with Gasteiger partial charge in [-0.1, -0.05) is 6.58 Å². The van der Waals surface area contributed by atoms with Gasteiger partial charge in [-0.25, -0.2) is 10.0 Å². The fraction of sp³-hybridized carbons (Fsp3) is 0.429. The maximum atomic E-state index is 5.72. The summed E-state index contributed by atoms with van der Waals surface area (Å²) in [4.78, 5) is 0. The number of nitrogens with two attached hydrogens (primary N) is 1. The molecular weight excluding hydrogens is 144 g/mol. The van der Waals surface area contributed by atoms with Crippen LogP contribution in [0.1, 0.15) is 0 Å². The number of rotatable bonds is 3. The van der Waals surface area contributed by atoms with Crippen molar-refractivity contribution in [3.8, 4) is 0 Å². The minimum atomic E-state index is -0.746. The van der Waals surface area contributed by atoms with Crippen LogP contribution in [0.3, 0.4) is 0 Å². The van der Waals surface area contributed by atoms with Gasteiger partial charge >= 0.3 is 0 Å². The monoisotopic (exact) mass is 160 g/mol. The number of nitrogens with one attached hydrogen (secondary N) is 1. The highest BCUT2D eigenvalue weighted by Gasteiger charge is 2.05. The summed E-state index contributed by atoms with van der Waals surface area (Å²) in [7, 11) is -0.746. The van der Waals surface area contributed by atoms with E-state index in [-0.39, 0.29) is 0 Å². The molecule has 2 nitrogen and oxygen atoms in total. The second-order valence-electron chi connectivity index (χ2n) is 2.75. The lowest BCUT2D eigenvalue weighted by Crippen LogP contribution is -2.09. The Morgan fingerprint density at radius 1 is 1.50 bits per heavy atom. The Morgan fingerprint density at radius 3 is 2.30 bits per heavy atom. The van der Waals surface area contributed by atoms with Crippen LogP contribution < -0.4 is 11.1 Å². The van der Waals surface area contributed by atoms with Gasteiger partial charge in [0.25, 0.3) is 0 Å². The molecule has 3 heteroatoms. The molecule has 0 aliphatic carbocycles. The van der Waals surface area contributed by atoms with Crippen molar-refractivity contribution in [3.63, 3.8) is 0 Å². The Labute approximate surface area is 64.5 Å². The van der Waals surface area contributed by atoms with E-state index in [2.05, 4.69) is 30.7 Å². The van der Waals surface area contributed by atoms with Gasteiger partial charge in [0, 0.05) is 6.20 Å². The molecule has 0 unspecified atom stereocenters. The van der Waals surface area contributed by atoms with Gasteiger partial charge in [0.1, 0.15) is 0 Å². The molecule has 0 aromatic heterocycles. The Kier molecular flexibility index (Phi) is 3.36. The van der Waals surface area contributed by atoms with Crippen LogP contribution in [-0.4, -0.2) is 18.8 Å². The molecule has 0 bridgehead atoms. The van der Waals surface area contributed by atoms with Gasteiger partial charge in [-0.05, 0) is 25.0 Å². The van der Waals surface area contributed by atoms with E-state index in [4.69, 9.17) is 5.73 Å². The van der Waals surface area contributed by atoms with Gasteiger partial charge in [0.15, 0.2) is 0 Å². The first-order chi connectivity index (χ1) is 4.48. The highest BCUT2D eigenvalue weighted by Crippen LogP contribution is 2.40. The molecule has 0 saturated carbocycles. The van der Waals surface area contributed by atoms with E-state index in [1.165, 1.54) is 0 Å². The first kappa shape index (κ1) is 9.43. The molecule has 0 heterocycles. The van der Waals surface area contributed by atoms with Crippen LogP contribution in [0.4, 0.5) is 0 Å². The van der Waals surface area contributed by atoms with Crippen molar-refractivity contribution in [1.82, 2.24) is 5.32 Å². The van der Waals surface area contributed by atoms with Crippen molar-refractivity contribution in [1.29, 1.82) is 0 Å². The lowest BCUT2D eigenvalue weighted by atomic mass is 10.8. The summed E-state index contributed by atoms with van der Waals surface area (Å²) in [5.41, 5.74) is 5.72. The second-order valence-corrected chi connectivity index (χ2v) is 6.90. The quantitative estimate of drug-likeness (QED) is 0.650. The molecule has 0 aromatic carbocycles. The summed E-state index contributed by atoms with van der Waals surface area (Å²) >= 11 is 0. The lowest BCUT2D eigenvalue weighted by Gasteiger charge is -2.25. The summed E-state index contributed by atoms with van der Waals surface area (Å²) in [5, 5.41) is 3.76. The summed E-state index contributed by atoms with van der Waals surface area (Å²) in [6.07, 6.45) is 9.83. The average Bonchev–Trinajstić information content (AvgIpc) is 1.80. The predicted octanol–water partition coefficient (Wildman–Crippen LogP) is 1.17.